The second kappa shape index (κ2) is 9.43. The number of hydrogen-bond acceptors (Lipinski definition) is 4. The summed E-state index contributed by atoms with van der Waals surface area (Å²) in [6.45, 7) is 5.06. The summed E-state index contributed by atoms with van der Waals surface area (Å²) in [7, 11) is 3.27. The van der Waals surface area contributed by atoms with Crippen molar-refractivity contribution in [1.82, 2.24) is 10.6 Å². The van der Waals surface area contributed by atoms with E-state index in [0.717, 1.165) is 36.4 Å². The van der Waals surface area contributed by atoms with Crippen LogP contribution in [0.1, 0.15) is 38.3 Å². The number of hydrogen-bond donors (Lipinski definition) is 3. The van der Waals surface area contributed by atoms with Crippen molar-refractivity contribution in [2.75, 3.05) is 33.9 Å². The standard InChI is InChI=1S/C19H29N3O4/c1-13(2)21-18(23)11-20-19(24)12-22-9-5-6-16(22)15-8-7-14(25-3)10-17(15)26-4/h7-8,10,13,16H,5-6,9,11-12H2,1-4H3,(H,20,24)(H,21,23)/p+1/t16-/m0/s1. The second-order valence-corrected chi connectivity index (χ2v) is 6.89. The highest BCUT2D eigenvalue weighted by Crippen LogP contribution is 2.31. The number of methoxy groups -OCH3 is 2. The molecule has 7 nitrogen and oxygen atoms in total. The lowest BCUT2D eigenvalue weighted by atomic mass is 10.0. The van der Waals surface area contributed by atoms with E-state index in [1.165, 1.54) is 4.90 Å². The van der Waals surface area contributed by atoms with Crippen LogP contribution in [0.2, 0.25) is 0 Å². The number of benzene rings is 1. The van der Waals surface area contributed by atoms with Crippen LogP contribution < -0.4 is 25.0 Å². The summed E-state index contributed by atoms with van der Waals surface area (Å²) in [5.74, 6) is 1.25. The molecule has 1 aliphatic heterocycles. The largest absolute Gasteiger partial charge is 0.497 e. The Kier molecular flexibility index (Phi) is 7.26. The quantitative estimate of drug-likeness (QED) is 0.610. The molecule has 0 bridgehead atoms. The number of carbonyl (C=O) groups is 2. The molecule has 0 radical (unpaired) electrons. The highest BCUT2D eigenvalue weighted by molar-refractivity contribution is 5.85. The van der Waals surface area contributed by atoms with Crippen molar-refractivity contribution in [2.24, 2.45) is 0 Å². The Morgan fingerprint density at radius 1 is 1.23 bits per heavy atom. The van der Waals surface area contributed by atoms with Crippen molar-refractivity contribution in [3.8, 4) is 11.5 Å². The van der Waals surface area contributed by atoms with Gasteiger partial charge in [0.05, 0.1) is 32.9 Å². The maximum atomic E-state index is 12.3. The number of carbonyl (C=O) groups excluding carboxylic acids is 2. The molecule has 1 heterocycles. The van der Waals surface area contributed by atoms with Crippen molar-refractivity contribution in [2.45, 2.75) is 38.8 Å². The molecule has 1 aromatic rings. The van der Waals surface area contributed by atoms with E-state index in [1.807, 2.05) is 32.0 Å². The van der Waals surface area contributed by atoms with E-state index in [2.05, 4.69) is 10.6 Å². The summed E-state index contributed by atoms with van der Waals surface area (Å²) >= 11 is 0. The van der Waals surface area contributed by atoms with Crippen LogP contribution in [-0.2, 0) is 9.59 Å². The first-order valence-electron chi connectivity index (χ1n) is 9.07. The zero-order chi connectivity index (χ0) is 19.1. The van der Waals surface area contributed by atoms with E-state index in [4.69, 9.17) is 9.47 Å². The number of rotatable bonds is 8. The Balaban J connectivity index is 1.97. The fourth-order valence-electron chi connectivity index (χ4n) is 3.43. The molecule has 0 aromatic heterocycles. The van der Waals surface area contributed by atoms with E-state index >= 15 is 0 Å². The molecular formula is C19H30N3O4+. The monoisotopic (exact) mass is 364 g/mol. The van der Waals surface area contributed by atoms with Crippen LogP contribution in [0.3, 0.4) is 0 Å². The van der Waals surface area contributed by atoms with E-state index in [9.17, 15) is 9.59 Å². The van der Waals surface area contributed by atoms with Crippen LogP contribution in [0.25, 0.3) is 0 Å². The molecule has 3 N–H and O–H groups in total. The van der Waals surface area contributed by atoms with Gasteiger partial charge in [0.25, 0.3) is 5.91 Å². The Hall–Kier alpha value is -2.28. The third-order valence-electron chi connectivity index (χ3n) is 4.58. The Morgan fingerprint density at radius 3 is 2.65 bits per heavy atom. The average molecular weight is 364 g/mol. The van der Waals surface area contributed by atoms with Gasteiger partial charge < -0.3 is 25.0 Å². The summed E-state index contributed by atoms with van der Waals surface area (Å²) in [6.07, 6.45) is 2.05. The fraction of sp³-hybridized carbons (Fsp3) is 0.579. The Labute approximate surface area is 155 Å². The molecule has 144 valence electrons. The maximum absolute atomic E-state index is 12.3. The van der Waals surface area contributed by atoms with E-state index in [0.29, 0.717) is 6.54 Å². The molecule has 7 heteroatoms. The van der Waals surface area contributed by atoms with Gasteiger partial charge in [-0.15, -0.1) is 0 Å². The van der Waals surface area contributed by atoms with Crippen LogP contribution in [-0.4, -0.2) is 51.7 Å². The van der Waals surface area contributed by atoms with Gasteiger partial charge in [0.1, 0.15) is 17.5 Å². The number of quaternary nitrogens is 1. The predicted octanol–water partition coefficient (Wildman–Crippen LogP) is 0.0644. The Bertz CT molecular complexity index is 633. The highest BCUT2D eigenvalue weighted by Gasteiger charge is 2.33. The summed E-state index contributed by atoms with van der Waals surface area (Å²) in [4.78, 5) is 25.1. The summed E-state index contributed by atoms with van der Waals surface area (Å²) in [6, 6.07) is 6.08. The molecule has 0 aliphatic carbocycles. The predicted molar refractivity (Wildman–Crippen MR) is 98.5 cm³/mol. The molecule has 1 saturated heterocycles. The number of nitrogens with one attached hydrogen (secondary N) is 3. The van der Waals surface area contributed by atoms with Gasteiger partial charge in [0.15, 0.2) is 6.54 Å². The number of amides is 2. The first kappa shape index (κ1) is 20.0. The molecule has 2 amide bonds. The van der Waals surface area contributed by atoms with Gasteiger partial charge in [0.2, 0.25) is 5.91 Å². The first-order chi connectivity index (χ1) is 12.4. The molecular weight excluding hydrogens is 334 g/mol. The third kappa shape index (κ3) is 5.36. The fourth-order valence-corrected chi connectivity index (χ4v) is 3.43. The van der Waals surface area contributed by atoms with Crippen molar-refractivity contribution in [1.29, 1.82) is 0 Å². The zero-order valence-corrected chi connectivity index (χ0v) is 16.1. The Morgan fingerprint density at radius 2 is 2.00 bits per heavy atom. The maximum Gasteiger partial charge on any atom is 0.275 e. The van der Waals surface area contributed by atoms with Gasteiger partial charge >= 0.3 is 0 Å². The first-order valence-corrected chi connectivity index (χ1v) is 9.07. The van der Waals surface area contributed by atoms with Crippen LogP contribution >= 0.6 is 0 Å². The smallest absolute Gasteiger partial charge is 0.275 e. The minimum Gasteiger partial charge on any atom is -0.497 e. The lowest BCUT2D eigenvalue weighted by molar-refractivity contribution is -0.910. The molecule has 0 spiro atoms. The minimum atomic E-state index is -0.168. The van der Waals surface area contributed by atoms with E-state index in [-0.39, 0.29) is 30.4 Å². The lowest BCUT2D eigenvalue weighted by Crippen LogP contribution is -3.11. The zero-order valence-electron chi connectivity index (χ0n) is 16.1. The third-order valence-corrected chi connectivity index (χ3v) is 4.58. The number of ether oxygens (including phenoxy) is 2. The molecule has 26 heavy (non-hydrogen) atoms. The molecule has 1 unspecified atom stereocenters. The van der Waals surface area contributed by atoms with Crippen LogP contribution in [0, 0.1) is 0 Å². The molecule has 1 aromatic carbocycles. The minimum absolute atomic E-state index is 0.0147. The topological polar surface area (TPSA) is 81.1 Å². The van der Waals surface area contributed by atoms with Crippen LogP contribution in [0.15, 0.2) is 18.2 Å². The molecule has 1 fully saturated rings. The van der Waals surface area contributed by atoms with E-state index < -0.39 is 0 Å². The number of likely N-dealkylation sites (tertiary alicyclic amines) is 1. The van der Waals surface area contributed by atoms with Gasteiger partial charge in [-0.25, -0.2) is 0 Å². The van der Waals surface area contributed by atoms with E-state index in [1.54, 1.807) is 14.2 Å². The van der Waals surface area contributed by atoms with Crippen molar-refractivity contribution < 1.29 is 24.0 Å². The van der Waals surface area contributed by atoms with Crippen LogP contribution in [0.5, 0.6) is 11.5 Å². The summed E-state index contributed by atoms with van der Waals surface area (Å²) in [5, 5.41) is 5.47. The van der Waals surface area contributed by atoms with Crippen molar-refractivity contribution >= 4 is 11.8 Å². The highest BCUT2D eigenvalue weighted by atomic mass is 16.5. The van der Waals surface area contributed by atoms with Crippen molar-refractivity contribution in [3.05, 3.63) is 23.8 Å². The molecule has 2 rings (SSSR count). The normalized spacial score (nSPS) is 19.3. The van der Waals surface area contributed by atoms with Gasteiger partial charge in [-0.2, -0.15) is 0 Å². The van der Waals surface area contributed by atoms with Crippen LogP contribution in [0.4, 0.5) is 0 Å². The summed E-state index contributed by atoms with van der Waals surface area (Å²) in [5.41, 5.74) is 1.09. The van der Waals surface area contributed by atoms with Crippen molar-refractivity contribution in [3.63, 3.8) is 0 Å². The molecule has 2 atom stereocenters. The molecule has 0 saturated carbocycles. The van der Waals surface area contributed by atoms with Gasteiger partial charge in [0, 0.05) is 24.9 Å². The SMILES string of the molecule is COc1ccc([C@@H]2CCC[NH+]2CC(=O)NCC(=O)NC(C)C)c(OC)c1. The lowest BCUT2D eigenvalue weighted by Gasteiger charge is -2.23. The summed E-state index contributed by atoms with van der Waals surface area (Å²) < 4.78 is 10.8. The van der Waals surface area contributed by atoms with Gasteiger partial charge in [-0.05, 0) is 26.0 Å². The molecule has 1 aliphatic rings. The second-order valence-electron chi connectivity index (χ2n) is 6.89. The average Bonchev–Trinajstić information content (AvgIpc) is 3.06. The van der Waals surface area contributed by atoms with Gasteiger partial charge in [-0.3, -0.25) is 9.59 Å². The van der Waals surface area contributed by atoms with Gasteiger partial charge in [-0.1, -0.05) is 0 Å².